The van der Waals surface area contributed by atoms with E-state index >= 15 is 0 Å². The number of hydrogen-bond donors (Lipinski definition) is 2. The normalized spacial score (nSPS) is 16.9. The quantitative estimate of drug-likeness (QED) is 0.834. The molecule has 0 bridgehead atoms. The summed E-state index contributed by atoms with van der Waals surface area (Å²) in [6.07, 6.45) is 0.598. The topological polar surface area (TPSA) is 78.8 Å². The third-order valence-electron chi connectivity index (χ3n) is 3.11. The number of aliphatic hydroxyl groups excluding tert-OH is 1. The lowest BCUT2D eigenvalue weighted by molar-refractivity contribution is 0.296. The summed E-state index contributed by atoms with van der Waals surface area (Å²) in [5, 5.41) is 12.2. The number of nitrogens with zero attached hydrogens (tertiary/aromatic N) is 1. The van der Waals surface area contributed by atoms with E-state index in [1.54, 1.807) is 12.1 Å². The lowest BCUT2D eigenvalue weighted by Gasteiger charge is -2.23. The summed E-state index contributed by atoms with van der Waals surface area (Å²) in [5.41, 5.74) is 1.40. The highest BCUT2D eigenvalue weighted by atomic mass is 32.2. The molecule has 0 radical (unpaired) electrons. The number of sulfonamides is 1. The molecule has 0 fully saturated rings. The van der Waals surface area contributed by atoms with Crippen molar-refractivity contribution in [2.75, 3.05) is 17.7 Å². The summed E-state index contributed by atoms with van der Waals surface area (Å²) in [6.45, 7) is 6.20. The van der Waals surface area contributed by atoms with Crippen LogP contribution < -0.4 is 5.32 Å². The van der Waals surface area contributed by atoms with Gasteiger partial charge in [-0.05, 0) is 29.5 Å². The van der Waals surface area contributed by atoms with Crippen LogP contribution in [0.4, 0.5) is 5.69 Å². The van der Waals surface area contributed by atoms with Crippen molar-refractivity contribution in [1.82, 2.24) is 0 Å². The van der Waals surface area contributed by atoms with Crippen molar-refractivity contribution < 1.29 is 13.5 Å². The molecule has 0 saturated carbocycles. The third-order valence-corrected chi connectivity index (χ3v) is 5.50. The minimum Gasteiger partial charge on any atom is -0.396 e. The summed E-state index contributed by atoms with van der Waals surface area (Å²) in [6, 6.07) is 5.41. The van der Waals surface area contributed by atoms with E-state index in [1.807, 2.05) is 26.8 Å². The van der Waals surface area contributed by atoms with Crippen molar-refractivity contribution in [3.8, 4) is 0 Å². The van der Waals surface area contributed by atoms with Gasteiger partial charge in [0, 0.05) is 12.4 Å². The molecule has 0 aromatic heterocycles. The molecule has 0 aliphatic carbocycles. The molecule has 21 heavy (non-hydrogen) atoms. The number of fused-ring (bicyclic) bond motifs is 1. The molecule has 1 aliphatic rings. The molecule has 1 aliphatic heterocycles. The van der Waals surface area contributed by atoms with Gasteiger partial charge in [0.25, 0.3) is 10.0 Å². The van der Waals surface area contributed by atoms with Gasteiger partial charge in [0.1, 0.15) is 4.90 Å². The summed E-state index contributed by atoms with van der Waals surface area (Å²) in [4.78, 5) is 0.224. The number of amidine groups is 1. The summed E-state index contributed by atoms with van der Waals surface area (Å²) < 4.78 is 28.4. The molecule has 0 saturated heterocycles. The highest BCUT2D eigenvalue weighted by Gasteiger charge is 2.27. The van der Waals surface area contributed by atoms with Gasteiger partial charge in [0.05, 0.1) is 5.69 Å². The Morgan fingerprint density at radius 2 is 2.05 bits per heavy atom. The number of benzene rings is 1. The Kier molecular flexibility index (Phi) is 4.65. The van der Waals surface area contributed by atoms with Crippen molar-refractivity contribution >= 4 is 32.6 Å². The molecular weight excluding hydrogens is 308 g/mol. The van der Waals surface area contributed by atoms with Gasteiger partial charge in [-0.1, -0.05) is 38.6 Å². The Bertz CT molecular complexity index is 661. The SMILES string of the molecule is CC(C)(C)c1ccc2c(c1)S(=O)(=O)N=C(SCCCO)N2. The summed E-state index contributed by atoms with van der Waals surface area (Å²) in [5.74, 6) is 0.618. The molecule has 0 spiro atoms. The fourth-order valence-corrected chi connectivity index (χ4v) is 4.09. The first kappa shape index (κ1) is 16.3. The molecule has 1 aromatic rings. The average molecular weight is 328 g/mol. The Balaban J connectivity index is 2.33. The highest BCUT2D eigenvalue weighted by molar-refractivity contribution is 8.14. The predicted octanol–water partition coefficient (Wildman–Crippen LogP) is 2.57. The smallest absolute Gasteiger partial charge is 0.286 e. The fraction of sp³-hybridized carbons (Fsp3) is 0.500. The van der Waals surface area contributed by atoms with E-state index in [0.717, 1.165) is 5.56 Å². The number of anilines is 1. The molecule has 2 rings (SSSR count). The van der Waals surface area contributed by atoms with Crippen LogP contribution in [-0.2, 0) is 15.4 Å². The zero-order valence-corrected chi connectivity index (χ0v) is 14.0. The first-order chi connectivity index (χ1) is 9.74. The van der Waals surface area contributed by atoms with Crippen LogP contribution in [0.1, 0.15) is 32.8 Å². The zero-order chi connectivity index (χ0) is 15.7. The number of nitrogens with one attached hydrogen (secondary N) is 1. The van der Waals surface area contributed by atoms with Crippen LogP contribution in [0.5, 0.6) is 0 Å². The van der Waals surface area contributed by atoms with Crippen molar-refractivity contribution in [3.63, 3.8) is 0 Å². The molecule has 1 heterocycles. The third kappa shape index (κ3) is 3.78. The first-order valence-electron chi connectivity index (χ1n) is 6.74. The minimum absolute atomic E-state index is 0.0819. The highest BCUT2D eigenvalue weighted by Crippen LogP contribution is 2.33. The van der Waals surface area contributed by atoms with E-state index in [1.165, 1.54) is 11.8 Å². The molecule has 2 N–H and O–H groups in total. The maximum absolute atomic E-state index is 12.3. The van der Waals surface area contributed by atoms with Gasteiger partial charge < -0.3 is 10.4 Å². The van der Waals surface area contributed by atoms with Crippen molar-refractivity contribution in [2.45, 2.75) is 37.5 Å². The number of aliphatic hydroxyl groups is 1. The van der Waals surface area contributed by atoms with E-state index in [4.69, 9.17) is 5.11 Å². The van der Waals surface area contributed by atoms with Crippen LogP contribution >= 0.6 is 11.8 Å². The standard InChI is InChI=1S/C14H20N2O3S2/c1-14(2,3)10-5-6-11-12(9-10)21(18,19)16-13(15-11)20-8-4-7-17/h5-6,9,17H,4,7-8H2,1-3H3,(H,15,16). The maximum Gasteiger partial charge on any atom is 0.286 e. The second-order valence-electron chi connectivity index (χ2n) is 5.88. The Hall–Kier alpha value is -1.05. The van der Waals surface area contributed by atoms with Crippen LogP contribution in [0, 0.1) is 0 Å². The largest absolute Gasteiger partial charge is 0.396 e. The van der Waals surface area contributed by atoms with Gasteiger partial charge in [-0.25, -0.2) is 0 Å². The Morgan fingerprint density at radius 3 is 2.67 bits per heavy atom. The van der Waals surface area contributed by atoms with E-state index in [9.17, 15) is 8.42 Å². The van der Waals surface area contributed by atoms with E-state index < -0.39 is 10.0 Å². The molecule has 116 valence electrons. The van der Waals surface area contributed by atoms with Gasteiger partial charge in [-0.2, -0.15) is 8.42 Å². The van der Waals surface area contributed by atoms with Gasteiger partial charge in [0.2, 0.25) is 0 Å². The molecule has 0 atom stereocenters. The molecule has 1 aromatic carbocycles. The molecule has 0 unspecified atom stereocenters. The van der Waals surface area contributed by atoms with Crippen LogP contribution in [0.25, 0.3) is 0 Å². The number of thioether (sulfide) groups is 1. The summed E-state index contributed by atoms with van der Waals surface area (Å²) in [7, 11) is -3.67. The number of hydrogen-bond acceptors (Lipinski definition) is 5. The zero-order valence-electron chi connectivity index (χ0n) is 12.4. The lowest BCUT2D eigenvalue weighted by atomic mass is 9.87. The second-order valence-corrected chi connectivity index (χ2v) is 8.54. The van der Waals surface area contributed by atoms with Crippen LogP contribution in [-0.4, -0.2) is 31.1 Å². The second kappa shape index (κ2) is 5.98. The van der Waals surface area contributed by atoms with Crippen LogP contribution in [0.3, 0.4) is 0 Å². The molecular formula is C14H20N2O3S2. The molecule has 5 nitrogen and oxygen atoms in total. The molecule has 0 amide bonds. The van der Waals surface area contributed by atoms with Crippen molar-refractivity contribution in [1.29, 1.82) is 0 Å². The lowest BCUT2D eigenvalue weighted by Crippen LogP contribution is -2.21. The average Bonchev–Trinajstić information content (AvgIpc) is 2.37. The van der Waals surface area contributed by atoms with E-state index in [2.05, 4.69) is 9.71 Å². The van der Waals surface area contributed by atoms with Gasteiger partial charge in [-0.3, -0.25) is 0 Å². The first-order valence-corrected chi connectivity index (χ1v) is 9.17. The van der Waals surface area contributed by atoms with Crippen LogP contribution in [0.15, 0.2) is 27.5 Å². The van der Waals surface area contributed by atoms with E-state index in [0.29, 0.717) is 23.0 Å². The minimum atomic E-state index is -3.67. The van der Waals surface area contributed by atoms with Gasteiger partial charge >= 0.3 is 0 Å². The summed E-state index contributed by atoms with van der Waals surface area (Å²) >= 11 is 1.30. The maximum atomic E-state index is 12.3. The van der Waals surface area contributed by atoms with Gasteiger partial charge in [0.15, 0.2) is 5.17 Å². The van der Waals surface area contributed by atoms with Crippen molar-refractivity contribution in [3.05, 3.63) is 23.8 Å². The van der Waals surface area contributed by atoms with Gasteiger partial charge in [-0.15, -0.1) is 4.40 Å². The number of rotatable bonds is 3. The monoisotopic (exact) mass is 328 g/mol. The predicted molar refractivity (Wildman–Crippen MR) is 87.5 cm³/mol. The Morgan fingerprint density at radius 1 is 1.33 bits per heavy atom. The fourth-order valence-electron chi connectivity index (χ4n) is 1.90. The van der Waals surface area contributed by atoms with Crippen molar-refractivity contribution in [2.24, 2.45) is 4.40 Å². The van der Waals surface area contributed by atoms with E-state index in [-0.39, 0.29) is 16.9 Å². The van der Waals surface area contributed by atoms with Crippen LogP contribution in [0.2, 0.25) is 0 Å². The molecule has 7 heteroatoms. The Labute approximate surface area is 129 Å².